The third-order valence-corrected chi connectivity index (χ3v) is 7.67. The molecule has 0 bridgehead atoms. The van der Waals surface area contributed by atoms with E-state index in [1.807, 2.05) is 0 Å². The molecular weight excluding hydrogens is 242 g/mol. The van der Waals surface area contributed by atoms with Crippen LogP contribution in [0.15, 0.2) is 4.99 Å². The van der Waals surface area contributed by atoms with E-state index in [9.17, 15) is 0 Å². The number of aliphatic imine (C=N–C) groups is 1. The van der Waals surface area contributed by atoms with Gasteiger partial charge < -0.3 is 0 Å². The standard InChI is InChI=1S/C14H29NSSi/c1-17(2,3)16-13-9-5-8-12-15-14-10-6-4-7-11-14/h4-13H2,1-3H3. The van der Waals surface area contributed by atoms with Crippen LogP contribution in [0.25, 0.3) is 0 Å². The SMILES string of the molecule is C[Si](C)(C)SCCCCCN=C1CCCCC1. The quantitative estimate of drug-likeness (QED) is 0.462. The first-order valence-corrected chi connectivity index (χ1v) is 12.5. The highest BCUT2D eigenvalue weighted by Gasteiger charge is 2.12. The Kier molecular flexibility index (Phi) is 7.52. The molecule has 17 heavy (non-hydrogen) atoms. The van der Waals surface area contributed by atoms with Crippen LogP contribution in [0, 0.1) is 0 Å². The Morgan fingerprint density at radius 3 is 2.35 bits per heavy atom. The second-order valence-electron chi connectivity index (χ2n) is 6.03. The molecule has 0 N–H and O–H groups in total. The van der Waals surface area contributed by atoms with Crippen LogP contribution in [0.4, 0.5) is 0 Å². The minimum absolute atomic E-state index is 0.863. The summed E-state index contributed by atoms with van der Waals surface area (Å²) in [5.74, 6) is 1.37. The highest BCUT2D eigenvalue weighted by molar-refractivity contribution is 8.28. The van der Waals surface area contributed by atoms with Gasteiger partial charge in [-0.3, -0.25) is 4.99 Å². The van der Waals surface area contributed by atoms with E-state index >= 15 is 0 Å². The molecule has 0 heterocycles. The van der Waals surface area contributed by atoms with Crippen LogP contribution in [0.2, 0.25) is 19.6 Å². The van der Waals surface area contributed by atoms with Crippen LogP contribution in [-0.4, -0.2) is 25.2 Å². The Bertz CT molecular complexity index is 225. The summed E-state index contributed by atoms with van der Waals surface area (Å²) in [5, 5.41) is 0. The maximum Gasteiger partial charge on any atom is 0.108 e. The van der Waals surface area contributed by atoms with E-state index in [1.54, 1.807) is 0 Å². The van der Waals surface area contributed by atoms with Gasteiger partial charge in [0.05, 0.1) is 0 Å². The normalized spacial score (nSPS) is 17.2. The summed E-state index contributed by atoms with van der Waals surface area (Å²) in [4.78, 5) is 4.75. The lowest BCUT2D eigenvalue weighted by atomic mass is 9.98. The number of hydrogen-bond acceptors (Lipinski definition) is 2. The fraction of sp³-hybridized carbons (Fsp3) is 0.929. The van der Waals surface area contributed by atoms with Gasteiger partial charge in [0.1, 0.15) is 7.22 Å². The fourth-order valence-corrected chi connectivity index (χ4v) is 5.36. The lowest BCUT2D eigenvalue weighted by Crippen LogP contribution is -2.14. The van der Waals surface area contributed by atoms with Gasteiger partial charge in [-0.1, -0.05) is 32.5 Å². The molecule has 0 radical (unpaired) electrons. The van der Waals surface area contributed by atoms with Crippen molar-refractivity contribution in [1.82, 2.24) is 0 Å². The van der Waals surface area contributed by atoms with Crippen LogP contribution in [-0.2, 0) is 0 Å². The zero-order valence-electron chi connectivity index (χ0n) is 11.9. The van der Waals surface area contributed by atoms with Gasteiger partial charge in [-0.25, -0.2) is 0 Å². The minimum atomic E-state index is -0.863. The molecule has 0 aromatic heterocycles. The molecule has 0 saturated heterocycles. The van der Waals surface area contributed by atoms with E-state index < -0.39 is 7.22 Å². The number of hydrogen-bond donors (Lipinski definition) is 0. The molecule has 0 aliphatic heterocycles. The fourth-order valence-electron chi connectivity index (χ4n) is 2.12. The number of rotatable bonds is 7. The van der Waals surface area contributed by atoms with E-state index in [0.29, 0.717) is 0 Å². The number of nitrogens with zero attached hydrogens (tertiary/aromatic N) is 1. The van der Waals surface area contributed by atoms with Crippen molar-refractivity contribution >= 4 is 24.1 Å². The van der Waals surface area contributed by atoms with Gasteiger partial charge in [0.25, 0.3) is 0 Å². The van der Waals surface area contributed by atoms with Crippen molar-refractivity contribution in [2.45, 2.75) is 71.0 Å². The predicted octanol–water partition coefficient (Wildman–Crippen LogP) is 5.13. The Morgan fingerprint density at radius 1 is 1.00 bits per heavy atom. The van der Waals surface area contributed by atoms with Crippen molar-refractivity contribution < 1.29 is 0 Å². The van der Waals surface area contributed by atoms with Crippen LogP contribution in [0.3, 0.4) is 0 Å². The first-order chi connectivity index (χ1) is 8.08. The van der Waals surface area contributed by atoms with Crippen molar-refractivity contribution in [2.75, 3.05) is 12.3 Å². The van der Waals surface area contributed by atoms with E-state index in [2.05, 4.69) is 30.9 Å². The minimum Gasteiger partial charge on any atom is -0.294 e. The molecular formula is C14H29NSSi. The first-order valence-electron chi connectivity index (χ1n) is 7.24. The summed E-state index contributed by atoms with van der Waals surface area (Å²) in [7, 11) is -0.863. The Labute approximate surface area is 113 Å². The highest BCUT2D eigenvalue weighted by Crippen LogP contribution is 2.20. The number of unbranched alkanes of at least 4 members (excludes halogenated alkanes) is 2. The van der Waals surface area contributed by atoms with Crippen LogP contribution in [0.5, 0.6) is 0 Å². The van der Waals surface area contributed by atoms with Crippen molar-refractivity contribution in [1.29, 1.82) is 0 Å². The van der Waals surface area contributed by atoms with Gasteiger partial charge in [-0.05, 0) is 44.3 Å². The molecule has 0 aromatic carbocycles. The van der Waals surface area contributed by atoms with Crippen LogP contribution >= 0.6 is 11.2 Å². The molecule has 0 unspecified atom stereocenters. The second-order valence-corrected chi connectivity index (χ2v) is 15.5. The summed E-state index contributed by atoms with van der Waals surface area (Å²) in [5.41, 5.74) is 1.51. The summed E-state index contributed by atoms with van der Waals surface area (Å²) in [6.45, 7) is 8.40. The van der Waals surface area contributed by atoms with Crippen molar-refractivity contribution in [3.05, 3.63) is 0 Å². The van der Waals surface area contributed by atoms with Crippen LogP contribution < -0.4 is 0 Å². The van der Waals surface area contributed by atoms with Gasteiger partial charge in [0, 0.05) is 12.3 Å². The molecule has 1 rings (SSSR count). The Morgan fingerprint density at radius 2 is 1.71 bits per heavy atom. The molecule has 0 spiro atoms. The largest absolute Gasteiger partial charge is 0.294 e. The predicted molar refractivity (Wildman–Crippen MR) is 85.0 cm³/mol. The van der Waals surface area contributed by atoms with Crippen molar-refractivity contribution in [3.63, 3.8) is 0 Å². The molecule has 1 aliphatic carbocycles. The third kappa shape index (κ3) is 8.89. The lowest BCUT2D eigenvalue weighted by molar-refractivity contribution is 0.657. The van der Waals surface area contributed by atoms with Gasteiger partial charge in [0.15, 0.2) is 0 Å². The average Bonchev–Trinajstić information content (AvgIpc) is 2.28. The molecule has 3 heteroatoms. The van der Waals surface area contributed by atoms with E-state index in [0.717, 1.165) is 6.54 Å². The maximum absolute atomic E-state index is 4.75. The van der Waals surface area contributed by atoms with Crippen LogP contribution in [0.1, 0.15) is 51.4 Å². The molecule has 0 aromatic rings. The molecule has 1 nitrogen and oxygen atoms in total. The summed E-state index contributed by atoms with van der Waals surface area (Å²) in [6, 6.07) is 0. The van der Waals surface area contributed by atoms with Gasteiger partial charge in [-0.15, -0.1) is 0 Å². The van der Waals surface area contributed by atoms with E-state index in [-0.39, 0.29) is 0 Å². The van der Waals surface area contributed by atoms with Crippen molar-refractivity contribution in [3.8, 4) is 0 Å². The monoisotopic (exact) mass is 271 g/mol. The van der Waals surface area contributed by atoms with Gasteiger partial charge in [-0.2, -0.15) is 11.2 Å². The molecule has 1 saturated carbocycles. The van der Waals surface area contributed by atoms with E-state index in [4.69, 9.17) is 4.99 Å². The maximum atomic E-state index is 4.75. The average molecular weight is 272 g/mol. The Hall–Kier alpha value is 0.237. The molecule has 100 valence electrons. The smallest absolute Gasteiger partial charge is 0.108 e. The Balaban J connectivity index is 1.93. The highest BCUT2D eigenvalue weighted by atomic mass is 32.4. The zero-order valence-corrected chi connectivity index (χ0v) is 13.7. The van der Waals surface area contributed by atoms with E-state index in [1.165, 1.54) is 62.8 Å². The molecule has 0 amide bonds. The summed E-state index contributed by atoms with van der Waals surface area (Å²) >= 11 is 2.22. The second kappa shape index (κ2) is 8.36. The zero-order chi connectivity index (χ0) is 12.6. The first kappa shape index (κ1) is 15.3. The molecule has 1 fully saturated rings. The third-order valence-electron chi connectivity index (χ3n) is 3.10. The van der Waals surface area contributed by atoms with Crippen molar-refractivity contribution in [2.24, 2.45) is 4.99 Å². The van der Waals surface area contributed by atoms with Gasteiger partial charge in [0.2, 0.25) is 0 Å². The molecule has 1 aliphatic rings. The topological polar surface area (TPSA) is 12.4 Å². The molecule has 0 atom stereocenters. The summed E-state index contributed by atoms with van der Waals surface area (Å²) in [6.07, 6.45) is 10.8. The lowest BCUT2D eigenvalue weighted by Gasteiger charge is -2.14. The van der Waals surface area contributed by atoms with Gasteiger partial charge >= 0.3 is 0 Å². The summed E-state index contributed by atoms with van der Waals surface area (Å²) < 4.78 is 0.